The number of carbonyl (C=O) groups is 1. The van der Waals surface area contributed by atoms with Crippen molar-refractivity contribution in [3.8, 4) is 11.8 Å². The van der Waals surface area contributed by atoms with E-state index in [0.717, 1.165) is 5.01 Å². The molecule has 2 N–H and O–H groups in total. The van der Waals surface area contributed by atoms with Crippen molar-refractivity contribution >= 4 is 35.0 Å². The largest absolute Gasteiger partial charge is 0.481 e. The number of anilines is 1. The highest BCUT2D eigenvalue weighted by Gasteiger charge is 2.29. The molecule has 0 aliphatic carbocycles. The Morgan fingerprint density at radius 1 is 1.19 bits per heavy atom. The predicted octanol–water partition coefficient (Wildman–Crippen LogP) is 3.17. The summed E-state index contributed by atoms with van der Waals surface area (Å²) in [5.74, 6) is 6.45. The molecule has 140 valence electrons. The average molecular weight is 397 g/mol. The summed E-state index contributed by atoms with van der Waals surface area (Å²) in [5.41, 5.74) is 0.512. The zero-order valence-corrected chi connectivity index (χ0v) is 16.5. The van der Waals surface area contributed by atoms with Gasteiger partial charge in [-0.3, -0.25) is 4.79 Å². The monoisotopic (exact) mass is 396 g/mol. The molecule has 0 saturated carbocycles. The summed E-state index contributed by atoms with van der Waals surface area (Å²) < 4.78 is 10.3. The highest BCUT2D eigenvalue weighted by molar-refractivity contribution is 8.00. The van der Waals surface area contributed by atoms with Crippen LogP contribution in [0.5, 0.6) is 11.8 Å². The molecule has 0 bridgehead atoms. The summed E-state index contributed by atoms with van der Waals surface area (Å²) in [6.45, 7) is 3.86. The van der Waals surface area contributed by atoms with Gasteiger partial charge in [-0.15, -0.1) is 0 Å². The minimum atomic E-state index is -0.504. The van der Waals surface area contributed by atoms with Gasteiger partial charge in [0.25, 0.3) is 5.91 Å². The number of aromatic nitrogens is 2. The fraction of sp³-hybridized carbons (Fsp3) is 0.353. The van der Waals surface area contributed by atoms with E-state index in [2.05, 4.69) is 9.97 Å². The van der Waals surface area contributed by atoms with E-state index < -0.39 is 5.25 Å². The Morgan fingerprint density at radius 2 is 1.81 bits per heavy atom. The van der Waals surface area contributed by atoms with Gasteiger partial charge in [-0.25, -0.2) is 10.9 Å². The minimum absolute atomic E-state index is 0.0152. The minimum Gasteiger partial charge on any atom is -0.481 e. The summed E-state index contributed by atoms with van der Waals surface area (Å²) in [4.78, 5) is 21.5. The van der Waals surface area contributed by atoms with E-state index in [0.29, 0.717) is 27.6 Å². The molecule has 1 heterocycles. The van der Waals surface area contributed by atoms with Gasteiger partial charge < -0.3 is 9.47 Å². The van der Waals surface area contributed by atoms with Crippen molar-refractivity contribution in [3.63, 3.8) is 0 Å². The van der Waals surface area contributed by atoms with Crippen LogP contribution in [-0.4, -0.2) is 35.3 Å². The summed E-state index contributed by atoms with van der Waals surface area (Å²) in [5, 5.41) is 1.46. The van der Waals surface area contributed by atoms with E-state index in [1.807, 2.05) is 13.8 Å². The van der Waals surface area contributed by atoms with Crippen LogP contribution < -0.4 is 20.3 Å². The molecule has 0 aliphatic heterocycles. The quantitative estimate of drug-likeness (QED) is 0.252. The predicted molar refractivity (Wildman–Crippen MR) is 103 cm³/mol. The molecular formula is C17H21ClN4O3S. The number of carbonyl (C=O) groups excluding carboxylic acids is 1. The zero-order valence-electron chi connectivity index (χ0n) is 15.0. The molecule has 1 atom stereocenters. The van der Waals surface area contributed by atoms with Crippen LogP contribution in [0.3, 0.4) is 0 Å². The second kappa shape index (κ2) is 9.07. The van der Waals surface area contributed by atoms with E-state index in [-0.39, 0.29) is 11.8 Å². The van der Waals surface area contributed by atoms with E-state index in [4.69, 9.17) is 26.9 Å². The molecule has 1 aromatic heterocycles. The number of methoxy groups -OCH3 is 2. The maximum atomic E-state index is 12.9. The second-order valence-corrected chi connectivity index (χ2v) is 7.25. The van der Waals surface area contributed by atoms with Crippen molar-refractivity contribution in [1.29, 1.82) is 0 Å². The summed E-state index contributed by atoms with van der Waals surface area (Å²) >= 11 is 7.19. The van der Waals surface area contributed by atoms with Crippen LogP contribution in [0.2, 0.25) is 5.02 Å². The molecule has 2 rings (SSSR count). The molecule has 0 spiro atoms. The Bertz CT molecular complexity index is 753. The summed E-state index contributed by atoms with van der Waals surface area (Å²) in [7, 11) is 3.00. The fourth-order valence-electron chi connectivity index (χ4n) is 2.12. The van der Waals surface area contributed by atoms with Crippen LogP contribution in [0, 0.1) is 5.92 Å². The number of amides is 1. The van der Waals surface area contributed by atoms with E-state index in [1.54, 1.807) is 30.3 Å². The van der Waals surface area contributed by atoms with Gasteiger partial charge in [-0.05, 0) is 24.1 Å². The third-order valence-electron chi connectivity index (χ3n) is 3.48. The number of benzene rings is 1. The van der Waals surface area contributed by atoms with Crippen LogP contribution in [0.4, 0.5) is 5.69 Å². The maximum absolute atomic E-state index is 12.9. The Hall–Kier alpha value is -2.03. The van der Waals surface area contributed by atoms with Crippen molar-refractivity contribution in [2.75, 3.05) is 19.2 Å². The van der Waals surface area contributed by atoms with Crippen molar-refractivity contribution in [2.45, 2.75) is 24.3 Å². The lowest BCUT2D eigenvalue weighted by atomic mass is 10.1. The lowest BCUT2D eigenvalue weighted by Gasteiger charge is -2.25. The first kappa shape index (κ1) is 20.3. The Balaban J connectivity index is 2.27. The number of hydrazine groups is 1. The van der Waals surface area contributed by atoms with Gasteiger partial charge in [-0.1, -0.05) is 43.3 Å². The highest BCUT2D eigenvalue weighted by Crippen LogP contribution is 2.31. The normalized spacial score (nSPS) is 12.0. The smallest absolute Gasteiger partial charge is 0.255 e. The van der Waals surface area contributed by atoms with Gasteiger partial charge in [0, 0.05) is 5.02 Å². The Morgan fingerprint density at radius 3 is 2.31 bits per heavy atom. The van der Waals surface area contributed by atoms with E-state index in [1.165, 1.54) is 26.0 Å². The highest BCUT2D eigenvalue weighted by atomic mass is 35.5. The molecule has 1 aromatic carbocycles. The number of hydrogen-bond donors (Lipinski definition) is 1. The molecular weight excluding hydrogens is 376 g/mol. The molecule has 1 amide bonds. The Kier molecular flexibility index (Phi) is 7.07. The summed E-state index contributed by atoms with van der Waals surface area (Å²) in [6.07, 6.45) is 0. The number of rotatable bonds is 7. The van der Waals surface area contributed by atoms with Crippen molar-refractivity contribution in [3.05, 3.63) is 35.4 Å². The molecule has 7 nitrogen and oxygen atoms in total. The third kappa shape index (κ3) is 5.00. The summed E-state index contributed by atoms with van der Waals surface area (Å²) in [6, 6.07) is 8.37. The molecule has 0 saturated heterocycles. The SMILES string of the molecule is COc1cc(OC)nc(SC(C(=O)N(N)c2cccc(Cl)c2)C(C)C)n1. The van der Waals surface area contributed by atoms with Crippen molar-refractivity contribution in [1.82, 2.24) is 9.97 Å². The molecule has 2 aromatic rings. The van der Waals surface area contributed by atoms with Crippen LogP contribution in [-0.2, 0) is 4.79 Å². The van der Waals surface area contributed by atoms with Gasteiger partial charge in [0.15, 0.2) is 5.16 Å². The van der Waals surface area contributed by atoms with Gasteiger partial charge in [0.2, 0.25) is 11.8 Å². The Labute approximate surface area is 161 Å². The van der Waals surface area contributed by atoms with Gasteiger partial charge in [0.1, 0.15) is 0 Å². The molecule has 0 aliphatic rings. The molecule has 26 heavy (non-hydrogen) atoms. The number of nitrogens with zero attached hydrogens (tertiary/aromatic N) is 3. The van der Waals surface area contributed by atoms with Gasteiger partial charge in [0.05, 0.1) is 31.2 Å². The first-order valence-electron chi connectivity index (χ1n) is 7.83. The number of nitrogens with two attached hydrogens (primary N) is 1. The van der Waals surface area contributed by atoms with Crippen LogP contribution >= 0.6 is 23.4 Å². The first-order valence-corrected chi connectivity index (χ1v) is 9.09. The third-order valence-corrected chi connectivity index (χ3v) is 5.11. The van der Waals surface area contributed by atoms with Crippen molar-refractivity contribution < 1.29 is 14.3 Å². The van der Waals surface area contributed by atoms with Crippen LogP contribution in [0.25, 0.3) is 0 Å². The van der Waals surface area contributed by atoms with E-state index in [9.17, 15) is 4.79 Å². The van der Waals surface area contributed by atoms with Crippen molar-refractivity contribution in [2.24, 2.45) is 11.8 Å². The lowest BCUT2D eigenvalue weighted by molar-refractivity contribution is -0.118. The second-order valence-electron chi connectivity index (χ2n) is 5.71. The first-order chi connectivity index (χ1) is 12.3. The molecule has 1 unspecified atom stereocenters. The molecule has 0 radical (unpaired) electrons. The van der Waals surface area contributed by atoms with Gasteiger partial charge >= 0.3 is 0 Å². The maximum Gasteiger partial charge on any atom is 0.255 e. The molecule has 9 heteroatoms. The molecule has 0 fully saturated rings. The number of thioether (sulfide) groups is 1. The number of ether oxygens (including phenoxy) is 2. The van der Waals surface area contributed by atoms with E-state index >= 15 is 0 Å². The zero-order chi connectivity index (χ0) is 19.3. The topological polar surface area (TPSA) is 90.6 Å². The van der Waals surface area contributed by atoms with Gasteiger partial charge in [-0.2, -0.15) is 9.97 Å². The van der Waals surface area contributed by atoms with Crippen LogP contribution in [0.1, 0.15) is 13.8 Å². The lowest BCUT2D eigenvalue weighted by Crippen LogP contribution is -2.44. The fourth-order valence-corrected chi connectivity index (χ4v) is 3.30. The van der Waals surface area contributed by atoms with Crippen LogP contribution in [0.15, 0.2) is 35.5 Å². The number of halogens is 1. The standard InChI is InChI=1S/C17H21ClN4O3S/c1-10(2)15(16(23)22(19)12-7-5-6-11(18)8-12)26-17-20-13(24-3)9-14(21-17)25-4/h5-10,15H,19H2,1-4H3. The number of hydrogen-bond acceptors (Lipinski definition) is 7. The average Bonchev–Trinajstić information content (AvgIpc) is 2.64.